The van der Waals surface area contributed by atoms with Crippen LogP contribution in [-0.4, -0.2) is 8.65 Å². The van der Waals surface area contributed by atoms with Crippen molar-refractivity contribution in [2.24, 2.45) is 40.9 Å². The third kappa shape index (κ3) is 1.76. The smallest absolute Gasteiger partial charge is 0.0299 e. The van der Waals surface area contributed by atoms with Gasteiger partial charge >= 0.3 is 0 Å². The molecule has 0 aromatic rings. The monoisotopic (exact) mass is 426 g/mol. The summed E-state index contributed by atoms with van der Waals surface area (Å²) in [4.78, 5) is 0. The summed E-state index contributed by atoms with van der Waals surface area (Å²) in [6.45, 7) is 0. The SMILES string of the molecule is BrC12CC3CC(C1)CC(C1C4CC5CC(C4)CC1(Br)C5)(C3)C2. The number of hydrogen-bond donors (Lipinski definition) is 0. The van der Waals surface area contributed by atoms with Gasteiger partial charge in [0.2, 0.25) is 0 Å². The first-order valence-corrected chi connectivity index (χ1v) is 11.4. The fraction of sp³-hybridized carbons (Fsp3) is 1.00. The van der Waals surface area contributed by atoms with E-state index in [1.807, 2.05) is 0 Å². The van der Waals surface area contributed by atoms with Gasteiger partial charge < -0.3 is 0 Å². The quantitative estimate of drug-likeness (QED) is 0.430. The molecule has 8 bridgehead atoms. The van der Waals surface area contributed by atoms with Gasteiger partial charge in [-0.3, -0.25) is 0 Å². The standard InChI is InChI=1S/C20H28Br2/c21-19-7-14-2-15(8-19)6-18(5-14,11-19)17-16-3-12-1-13(4-16)10-20(17,22)9-12/h12-17H,1-11H2. The topological polar surface area (TPSA) is 0 Å². The van der Waals surface area contributed by atoms with E-state index in [2.05, 4.69) is 31.9 Å². The van der Waals surface area contributed by atoms with Crippen molar-refractivity contribution in [3.63, 3.8) is 0 Å². The van der Waals surface area contributed by atoms with Gasteiger partial charge in [0.1, 0.15) is 0 Å². The Labute approximate surface area is 151 Å². The van der Waals surface area contributed by atoms with Crippen LogP contribution in [0.25, 0.3) is 0 Å². The molecule has 122 valence electrons. The summed E-state index contributed by atoms with van der Waals surface area (Å²) < 4.78 is 1.08. The predicted molar refractivity (Wildman–Crippen MR) is 97.5 cm³/mol. The minimum Gasteiger partial charge on any atom is -0.0853 e. The van der Waals surface area contributed by atoms with Crippen LogP contribution >= 0.6 is 31.9 Å². The Hall–Kier alpha value is 0.960. The van der Waals surface area contributed by atoms with Crippen LogP contribution in [0.3, 0.4) is 0 Å². The van der Waals surface area contributed by atoms with Crippen molar-refractivity contribution in [1.82, 2.24) is 0 Å². The van der Waals surface area contributed by atoms with Crippen molar-refractivity contribution in [3.05, 3.63) is 0 Å². The van der Waals surface area contributed by atoms with Gasteiger partial charge in [-0.25, -0.2) is 0 Å². The van der Waals surface area contributed by atoms with Crippen molar-refractivity contribution in [2.75, 3.05) is 0 Å². The van der Waals surface area contributed by atoms with Crippen LogP contribution in [0.2, 0.25) is 0 Å². The molecule has 0 radical (unpaired) electrons. The highest BCUT2D eigenvalue weighted by Crippen LogP contribution is 2.74. The van der Waals surface area contributed by atoms with E-state index < -0.39 is 0 Å². The highest BCUT2D eigenvalue weighted by molar-refractivity contribution is 9.10. The maximum absolute atomic E-state index is 4.42. The Morgan fingerprint density at radius 3 is 1.77 bits per heavy atom. The van der Waals surface area contributed by atoms with Gasteiger partial charge in [0.25, 0.3) is 0 Å². The third-order valence-electron chi connectivity index (χ3n) is 8.92. The molecule has 0 aliphatic heterocycles. The van der Waals surface area contributed by atoms with Crippen LogP contribution in [0, 0.1) is 40.9 Å². The van der Waals surface area contributed by atoms with Gasteiger partial charge in [-0.15, -0.1) is 0 Å². The molecule has 22 heavy (non-hydrogen) atoms. The van der Waals surface area contributed by atoms with E-state index >= 15 is 0 Å². The van der Waals surface area contributed by atoms with E-state index in [1.54, 1.807) is 38.5 Å². The first-order valence-electron chi connectivity index (χ1n) is 9.83. The van der Waals surface area contributed by atoms with Crippen LogP contribution in [0.15, 0.2) is 0 Å². The van der Waals surface area contributed by atoms with Crippen LogP contribution in [-0.2, 0) is 0 Å². The van der Waals surface area contributed by atoms with Crippen molar-refractivity contribution in [3.8, 4) is 0 Å². The van der Waals surface area contributed by atoms with E-state index in [0.29, 0.717) is 14.1 Å². The minimum atomic E-state index is 0.537. The van der Waals surface area contributed by atoms with E-state index in [-0.39, 0.29) is 0 Å². The minimum absolute atomic E-state index is 0.537. The lowest BCUT2D eigenvalue weighted by Gasteiger charge is -2.70. The van der Waals surface area contributed by atoms with Gasteiger partial charge in [-0.1, -0.05) is 31.9 Å². The zero-order valence-corrected chi connectivity index (χ0v) is 16.7. The summed E-state index contributed by atoms with van der Waals surface area (Å²) in [6.07, 6.45) is 17.0. The van der Waals surface area contributed by atoms with Gasteiger partial charge in [0, 0.05) is 8.65 Å². The molecule has 5 atom stereocenters. The van der Waals surface area contributed by atoms with Crippen molar-refractivity contribution < 1.29 is 0 Å². The molecule has 0 aromatic heterocycles. The molecule has 0 amide bonds. The van der Waals surface area contributed by atoms with Gasteiger partial charge in [-0.2, -0.15) is 0 Å². The first-order chi connectivity index (χ1) is 10.5. The molecular formula is C20H28Br2. The fourth-order valence-electron chi connectivity index (χ4n) is 9.57. The zero-order chi connectivity index (χ0) is 14.7. The average molecular weight is 428 g/mol. The first kappa shape index (κ1) is 14.2. The molecule has 0 aromatic carbocycles. The maximum Gasteiger partial charge on any atom is 0.0299 e. The van der Waals surface area contributed by atoms with E-state index in [0.717, 1.165) is 35.5 Å². The van der Waals surface area contributed by atoms with Gasteiger partial charge in [0.05, 0.1) is 0 Å². The van der Waals surface area contributed by atoms with Crippen LogP contribution < -0.4 is 0 Å². The van der Waals surface area contributed by atoms with E-state index in [9.17, 15) is 0 Å². The highest BCUT2D eigenvalue weighted by Gasteiger charge is 2.67. The molecule has 5 unspecified atom stereocenters. The Morgan fingerprint density at radius 1 is 0.636 bits per heavy atom. The molecule has 0 N–H and O–H groups in total. The lowest BCUT2D eigenvalue weighted by molar-refractivity contribution is -0.146. The second-order valence-corrected chi connectivity index (χ2v) is 13.9. The van der Waals surface area contributed by atoms with Crippen LogP contribution in [0.1, 0.15) is 70.6 Å². The maximum atomic E-state index is 4.42. The number of rotatable bonds is 1. The summed E-state index contributed by atoms with van der Waals surface area (Å²) in [5, 5.41) is 0. The van der Waals surface area contributed by atoms with E-state index in [1.165, 1.54) is 32.1 Å². The molecule has 8 saturated carbocycles. The predicted octanol–water partition coefficient (Wildman–Crippen LogP) is 6.31. The van der Waals surface area contributed by atoms with Gasteiger partial charge in [0.15, 0.2) is 0 Å². The summed E-state index contributed by atoms with van der Waals surface area (Å²) in [7, 11) is 0. The molecule has 0 saturated heterocycles. The Morgan fingerprint density at radius 2 is 1.23 bits per heavy atom. The summed E-state index contributed by atoms with van der Waals surface area (Å²) in [5.41, 5.74) is 0.703. The normalized spacial score (nSPS) is 67.9. The lowest BCUT2D eigenvalue weighted by Crippen LogP contribution is -2.64. The number of alkyl halides is 2. The molecule has 0 heterocycles. The fourth-order valence-corrected chi connectivity index (χ4v) is 12.8. The zero-order valence-electron chi connectivity index (χ0n) is 13.5. The molecule has 8 aliphatic rings. The average Bonchev–Trinajstić information content (AvgIpc) is 2.31. The third-order valence-corrected chi connectivity index (χ3v) is 11.0. The number of hydrogen-bond acceptors (Lipinski definition) is 0. The summed E-state index contributed by atoms with van der Waals surface area (Å²) in [6, 6.07) is 0. The van der Waals surface area contributed by atoms with Crippen molar-refractivity contribution >= 4 is 31.9 Å². The molecule has 8 aliphatic carbocycles. The van der Waals surface area contributed by atoms with Crippen LogP contribution in [0.4, 0.5) is 0 Å². The second kappa shape index (κ2) is 4.19. The highest BCUT2D eigenvalue weighted by atomic mass is 79.9. The Balaban J connectivity index is 1.44. The van der Waals surface area contributed by atoms with Gasteiger partial charge in [-0.05, 0) is 112 Å². The van der Waals surface area contributed by atoms with Crippen molar-refractivity contribution in [1.29, 1.82) is 0 Å². The number of halogens is 2. The summed E-state index contributed by atoms with van der Waals surface area (Å²) in [5.74, 6) is 6.32. The largest absolute Gasteiger partial charge is 0.0853 e. The van der Waals surface area contributed by atoms with Crippen molar-refractivity contribution in [2.45, 2.75) is 79.3 Å². The summed E-state index contributed by atoms with van der Waals surface area (Å²) >= 11 is 8.68. The van der Waals surface area contributed by atoms with E-state index in [4.69, 9.17) is 0 Å². The Bertz CT molecular complexity index is 498. The molecule has 8 rings (SSSR count). The molecular weight excluding hydrogens is 400 g/mol. The lowest BCUT2D eigenvalue weighted by atomic mass is 9.38. The second-order valence-electron chi connectivity index (χ2n) is 10.6. The Kier molecular flexibility index (Phi) is 2.70. The molecule has 0 nitrogen and oxygen atoms in total. The molecule has 8 fully saturated rings. The van der Waals surface area contributed by atoms with Crippen LogP contribution in [0.5, 0.6) is 0 Å². The molecule has 0 spiro atoms. The molecule has 2 heteroatoms.